The predicted molar refractivity (Wildman–Crippen MR) is 87.8 cm³/mol. The minimum absolute atomic E-state index is 0.437. The van der Waals surface area contributed by atoms with Gasteiger partial charge in [-0.05, 0) is 31.5 Å². The summed E-state index contributed by atoms with van der Waals surface area (Å²) in [6.45, 7) is 8.13. The highest BCUT2D eigenvalue weighted by Gasteiger charge is 2.14. The summed E-state index contributed by atoms with van der Waals surface area (Å²) in [6, 6.07) is 2.63. The number of halogens is 1. The summed E-state index contributed by atoms with van der Waals surface area (Å²) < 4.78 is 3.92. The van der Waals surface area contributed by atoms with Crippen molar-refractivity contribution >= 4 is 11.6 Å². The van der Waals surface area contributed by atoms with Gasteiger partial charge in [-0.3, -0.25) is 4.68 Å². The van der Waals surface area contributed by atoms with E-state index in [1.165, 1.54) is 12.0 Å². The van der Waals surface area contributed by atoms with Crippen LogP contribution in [0.4, 0.5) is 0 Å². The summed E-state index contributed by atoms with van der Waals surface area (Å²) >= 11 is 6.31. The van der Waals surface area contributed by atoms with Crippen LogP contribution in [0, 0.1) is 6.92 Å². The van der Waals surface area contributed by atoms with Crippen LogP contribution >= 0.6 is 11.6 Å². The molecule has 4 nitrogen and oxygen atoms in total. The number of aryl methyl sites for hydroxylation is 2. The zero-order valence-corrected chi connectivity index (χ0v) is 14.1. The number of hydrogen-bond donors (Lipinski definition) is 1. The highest BCUT2D eigenvalue weighted by Crippen LogP contribution is 2.22. The Morgan fingerprint density at radius 2 is 2.14 bits per heavy atom. The summed E-state index contributed by atoms with van der Waals surface area (Å²) in [7, 11) is 1.88. The van der Waals surface area contributed by atoms with Crippen LogP contribution in [-0.2, 0) is 13.6 Å². The topological polar surface area (TPSA) is 34.8 Å². The molecule has 0 bridgehead atoms. The lowest BCUT2D eigenvalue weighted by atomic mass is 10.1. The van der Waals surface area contributed by atoms with E-state index in [0.717, 1.165) is 35.9 Å². The molecule has 0 spiro atoms. The minimum atomic E-state index is 0.437. The Hall–Kier alpha value is -1.26. The molecule has 0 saturated carbocycles. The van der Waals surface area contributed by atoms with Gasteiger partial charge in [0.25, 0.3) is 0 Å². The van der Waals surface area contributed by atoms with Gasteiger partial charge in [0.15, 0.2) is 0 Å². The van der Waals surface area contributed by atoms with Gasteiger partial charge in [0.1, 0.15) is 5.15 Å². The summed E-state index contributed by atoms with van der Waals surface area (Å²) in [6.07, 6.45) is 6.67. The lowest BCUT2D eigenvalue weighted by Gasteiger charge is -2.15. The van der Waals surface area contributed by atoms with E-state index in [1.807, 2.05) is 14.0 Å². The molecule has 116 valence electrons. The van der Waals surface area contributed by atoms with E-state index in [9.17, 15) is 0 Å². The number of aromatic nitrogens is 3. The molecule has 21 heavy (non-hydrogen) atoms. The van der Waals surface area contributed by atoms with E-state index >= 15 is 0 Å². The Morgan fingerprint density at radius 3 is 2.71 bits per heavy atom. The quantitative estimate of drug-likeness (QED) is 0.846. The number of rotatable bonds is 7. The second kappa shape index (κ2) is 7.14. The standard InChI is InChI=1S/C16H25ClN4/c1-5-7-15(18-6-2)13-8-9-21(10-13)11-14-12(3)19-20(4)16(14)17/h8-10,15,18H,5-7,11H2,1-4H3. The van der Waals surface area contributed by atoms with Crippen LogP contribution in [0.15, 0.2) is 18.5 Å². The molecule has 2 heterocycles. The summed E-state index contributed by atoms with van der Waals surface area (Å²) in [5.41, 5.74) is 3.43. The summed E-state index contributed by atoms with van der Waals surface area (Å²) in [4.78, 5) is 0. The average Bonchev–Trinajstić information content (AvgIpc) is 3.00. The third kappa shape index (κ3) is 3.69. The van der Waals surface area contributed by atoms with Crippen molar-refractivity contribution in [3.05, 3.63) is 40.4 Å². The van der Waals surface area contributed by atoms with Gasteiger partial charge in [0, 0.05) is 31.0 Å². The van der Waals surface area contributed by atoms with Gasteiger partial charge in [0.2, 0.25) is 0 Å². The maximum atomic E-state index is 6.31. The van der Waals surface area contributed by atoms with Gasteiger partial charge in [-0.1, -0.05) is 31.9 Å². The molecule has 2 rings (SSSR count). The molecule has 5 heteroatoms. The Bertz CT molecular complexity index is 579. The fraction of sp³-hybridized carbons (Fsp3) is 0.562. The van der Waals surface area contributed by atoms with Gasteiger partial charge >= 0.3 is 0 Å². The minimum Gasteiger partial charge on any atom is -0.349 e. The van der Waals surface area contributed by atoms with Crippen LogP contribution in [0.5, 0.6) is 0 Å². The smallest absolute Gasteiger partial charge is 0.131 e. The van der Waals surface area contributed by atoms with Crippen molar-refractivity contribution in [2.75, 3.05) is 6.54 Å². The van der Waals surface area contributed by atoms with Crippen molar-refractivity contribution in [1.82, 2.24) is 19.7 Å². The van der Waals surface area contributed by atoms with Gasteiger partial charge in [0.05, 0.1) is 12.2 Å². The molecule has 0 radical (unpaired) electrons. The van der Waals surface area contributed by atoms with Crippen LogP contribution in [0.3, 0.4) is 0 Å². The van der Waals surface area contributed by atoms with Crippen LogP contribution in [0.1, 0.15) is 49.6 Å². The molecular weight excluding hydrogens is 284 g/mol. The fourth-order valence-electron chi connectivity index (χ4n) is 2.72. The van der Waals surface area contributed by atoms with Crippen LogP contribution < -0.4 is 5.32 Å². The van der Waals surface area contributed by atoms with E-state index in [-0.39, 0.29) is 0 Å². The van der Waals surface area contributed by atoms with E-state index in [1.54, 1.807) is 4.68 Å². The maximum Gasteiger partial charge on any atom is 0.131 e. The van der Waals surface area contributed by atoms with Crippen LogP contribution in [-0.4, -0.2) is 20.9 Å². The summed E-state index contributed by atoms with van der Waals surface area (Å²) in [5.74, 6) is 0. The fourth-order valence-corrected chi connectivity index (χ4v) is 2.96. The largest absolute Gasteiger partial charge is 0.349 e. The lowest BCUT2D eigenvalue weighted by Crippen LogP contribution is -2.20. The molecule has 0 aliphatic heterocycles. The first-order valence-corrected chi connectivity index (χ1v) is 8.01. The SMILES string of the molecule is CCCC(NCC)c1ccn(Cc2c(C)nn(C)c2Cl)c1. The molecule has 2 aromatic heterocycles. The Labute approximate surface area is 132 Å². The first-order chi connectivity index (χ1) is 10.1. The van der Waals surface area contributed by atoms with Crippen LogP contribution in [0.25, 0.3) is 0 Å². The molecule has 0 amide bonds. The van der Waals surface area contributed by atoms with Crippen molar-refractivity contribution in [2.45, 2.75) is 46.2 Å². The van der Waals surface area contributed by atoms with Gasteiger partial charge in [-0.25, -0.2) is 0 Å². The highest BCUT2D eigenvalue weighted by atomic mass is 35.5. The Kier molecular flexibility index (Phi) is 5.48. The normalized spacial score (nSPS) is 12.8. The molecule has 2 aromatic rings. The van der Waals surface area contributed by atoms with E-state index in [4.69, 9.17) is 11.6 Å². The molecule has 1 atom stereocenters. The van der Waals surface area contributed by atoms with Crippen molar-refractivity contribution in [3.63, 3.8) is 0 Å². The third-order valence-corrected chi connectivity index (χ3v) is 4.29. The molecule has 0 aromatic carbocycles. The number of nitrogens with zero attached hydrogens (tertiary/aromatic N) is 3. The third-order valence-electron chi connectivity index (χ3n) is 3.81. The van der Waals surface area contributed by atoms with Gasteiger partial charge < -0.3 is 9.88 Å². The second-order valence-electron chi connectivity index (χ2n) is 5.49. The lowest BCUT2D eigenvalue weighted by molar-refractivity contribution is 0.508. The molecule has 0 aliphatic rings. The molecular formula is C16H25ClN4. The van der Waals surface area contributed by atoms with Gasteiger partial charge in [-0.2, -0.15) is 5.10 Å². The van der Waals surface area contributed by atoms with Crippen molar-refractivity contribution in [1.29, 1.82) is 0 Å². The molecule has 0 saturated heterocycles. The maximum absolute atomic E-state index is 6.31. The monoisotopic (exact) mass is 308 g/mol. The zero-order chi connectivity index (χ0) is 15.4. The van der Waals surface area contributed by atoms with E-state index in [2.05, 4.69) is 47.3 Å². The summed E-state index contributed by atoms with van der Waals surface area (Å²) in [5, 5.41) is 8.64. The van der Waals surface area contributed by atoms with E-state index in [0.29, 0.717) is 6.04 Å². The Morgan fingerprint density at radius 1 is 1.38 bits per heavy atom. The second-order valence-corrected chi connectivity index (χ2v) is 5.85. The van der Waals surface area contributed by atoms with Crippen molar-refractivity contribution in [3.8, 4) is 0 Å². The zero-order valence-electron chi connectivity index (χ0n) is 13.4. The molecule has 1 N–H and O–H groups in total. The first-order valence-electron chi connectivity index (χ1n) is 7.63. The Balaban J connectivity index is 2.15. The van der Waals surface area contributed by atoms with Crippen molar-refractivity contribution in [2.24, 2.45) is 7.05 Å². The highest BCUT2D eigenvalue weighted by molar-refractivity contribution is 6.30. The first kappa shape index (κ1) is 16.1. The number of hydrogen-bond acceptors (Lipinski definition) is 2. The molecule has 1 unspecified atom stereocenters. The van der Waals surface area contributed by atoms with E-state index < -0.39 is 0 Å². The van der Waals surface area contributed by atoms with Gasteiger partial charge in [-0.15, -0.1) is 0 Å². The van der Waals surface area contributed by atoms with Crippen LogP contribution in [0.2, 0.25) is 5.15 Å². The predicted octanol–water partition coefficient (Wildman–Crippen LogP) is 3.68. The molecule has 0 fully saturated rings. The number of nitrogens with one attached hydrogen (secondary N) is 1. The van der Waals surface area contributed by atoms with Crippen molar-refractivity contribution < 1.29 is 0 Å². The molecule has 0 aliphatic carbocycles. The average molecular weight is 309 g/mol.